The summed E-state index contributed by atoms with van der Waals surface area (Å²) < 4.78 is 19.5. The van der Waals surface area contributed by atoms with Crippen LogP contribution >= 0.6 is 11.6 Å². The van der Waals surface area contributed by atoms with Crippen molar-refractivity contribution in [1.82, 2.24) is 5.32 Å². The monoisotopic (exact) mass is 299 g/mol. The Morgan fingerprint density at radius 2 is 2.35 bits per heavy atom. The van der Waals surface area contributed by atoms with Crippen molar-refractivity contribution in [1.29, 1.82) is 0 Å². The number of hydrogen-bond donors (Lipinski definition) is 1. The van der Waals surface area contributed by atoms with Crippen LogP contribution in [-0.2, 0) is 11.2 Å². The average Bonchev–Trinajstić information content (AvgIpc) is 2.92. The van der Waals surface area contributed by atoms with Crippen LogP contribution in [0, 0.1) is 5.82 Å². The first-order chi connectivity index (χ1) is 9.69. The first kappa shape index (κ1) is 15.7. The summed E-state index contributed by atoms with van der Waals surface area (Å²) in [6.07, 6.45) is 5.49. The summed E-state index contributed by atoms with van der Waals surface area (Å²) in [6.45, 7) is 3.87. The zero-order valence-corrected chi connectivity index (χ0v) is 12.8. The van der Waals surface area contributed by atoms with Crippen LogP contribution in [0.2, 0.25) is 5.02 Å². The fourth-order valence-electron chi connectivity index (χ4n) is 2.78. The number of hydrogen-bond acceptors (Lipinski definition) is 2. The van der Waals surface area contributed by atoms with Crippen molar-refractivity contribution in [2.24, 2.45) is 0 Å². The summed E-state index contributed by atoms with van der Waals surface area (Å²) >= 11 is 5.79. The van der Waals surface area contributed by atoms with Crippen LogP contribution in [0.5, 0.6) is 0 Å². The molecule has 1 N–H and O–H groups in total. The van der Waals surface area contributed by atoms with Gasteiger partial charge in [0.25, 0.3) is 0 Å². The van der Waals surface area contributed by atoms with E-state index in [9.17, 15) is 4.39 Å². The Morgan fingerprint density at radius 1 is 1.50 bits per heavy atom. The van der Waals surface area contributed by atoms with Gasteiger partial charge >= 0.3 is 0 Å². The van der Waals surface area contributed by atoms with E-state index in [1.807, 2.05) is 0 Å². The summed E-state index contributed by atoms with van der Waals surface area (Å²) in [5.74, 6) is -0.211. The Bertz CT molecular complexity index is 421. The Morgan fingerprint density at radius 3 is 3.00 bits per heavy atom. The number of nitrogens with one attached hydrogen (secondary N) is 1. The quantitative estimate of drug-likeness (QED) is 0.823. The Hall–Kier alpha value is -0.640. The van der Waals surface area contributed by atoms with Gasteiger partial charge in [-0.2, -0.15) is 0 Å². The molecular formula is C16H23ClFNO. The summed E-state index contributed by atoms with van der Waals surface area (Å²) in [7, 11) is 0. The molecule has 1 saturated heterocycles. The zero-order valence-electron chi connectivity index (χ0n) is 12.0. The molecule has 2 atom stereocenters. The highest BCUT2D eigenvalue weighted by molar-refractivity contribution is 6.30. The van der Waals surface area contributed by atoms with Crippen molar-refractivity contribution >= 4 is 11.6 Å². The Balaban J connectivity index is 1.90. The second-order valence-corrected chi connectivity index (χ2v) is 5.84. The Labute approximate surface area is 125 Å². The van der Waals surface area contributed by atoms with Crippen molar-refractivity contribution < 1.29 is 9.13 Å². The molecule has 4 heteroatoms. The third-order valence-corrected chi connectivity index (χ3v) is 4.07. The van der Waals surface area contributed by atoms with E-state index in [0.717, 1.165) is 38.0 Å². The van der Waals surface area contributed by atoms with Crippen molar-refractivity contribution in [3.8, 4) is 0 Å². The van der Waals surface area contributed by atoms with Gasteiger partial charge in [-0.15, -0.1) is 0 Å². The van der Waals surface area contributed by atoms with Crippen LogP contribution in [0.1, 0.15) is 38.2 Å². The van der Waals surface area contributed by atoms with Gasteiger partial charge in [0, 0.05) is 17.7 Å². The molecule has 0 aromatic heterocycles. The SMILES string of the molecule is CCNC(CCC1CCCO1)Cc1ccc(Cl)cc1F. The van der Waals surface area contributed by atoms with Crippen LogP contribution in [0.3, 0.4) is 0 Å². The molecule has 1 heterocycles. The number of rotatable bonds is 7. The smallest absolute Gasteiger partial charge is 0.127 e. The van der Waals surface area contributed by atoms with Gasteiger partial charge in [0.1, 0.15) is 5.82 Å². The van der Waals surface area contributed by atoms with Gasteiger partial charge in [0.15, 0.2) is 0 Å². The van der Waals surface area contributed by atoms with E-state index in [1.165, 1.54) is 12.5 Å². The molecular weight excluding hydrogens is 277 g/mol. The predicted octanol–water partition coefficient (Wildman–Crippen LogP) is 3.96. The highest BCUT2D eigenvalue weighted by Gasteiger charge is 2.18. The molecule has 0 radical (unpaired) electrons. The highest BCUT2D eigenvalue weighted by atomic mass is 35.5. The first-order valence-electron chi connectivity index (χ1n) is 7.48. The lowest BCUT2D eigenvalue weighted by Crippen LogP contribution is -2.32. The van der Waals surface area contributed by atoms with Crippen LogP contribution in [0.25, 0.3) is 0 Å². The van der Waals surface area contributed by atoms with Crippen molar-refractivity contribution in [2.75, 3.05) is 13.2 Å². The standard InChI is InChI=1S/C16H23ClFNO/c1-2-19-14(7-8-15-4-3-9-20-15)10-12-5-6-13(17)11-16(12)18/h5-6,11,14-15,19H,2-4,7-10H2,1H3. The lowest BCUT2D eigenvalue weighted by molar-refractivity contribution is 0.0996. The second-order valence-electron chi connectivity index (χ2n) is 5.41. The molecule has 2 rings (SSSR count). The van der Waals surface area contributed by atoms with Gasteiger partial charge < -0.3 is 10.1 Å². The van der Waals surface area contributed by atoms with E-state index in [0.29, 0.717) is 23.6 Å². The van der Waals surface area contributed by atoms with Crippen LogP contribution < -0.4 is 5.32 Å². The minimum absolute atomic E-state index is 0.211. The third-order valence-electron chi connectivity index (χ3n) is 3.84. The van der Waals surface area contributed by atoms with Crippen molar-refractivity contribution in [2.45, 2.75) is 51.2 Å². The largest absolute Gasteiger partial charge is 0.378 e. The number of halogens is 2. The van der Waals surface area contributed by atoms with E-state index in [4.69, 9.17) is 16.3 Å². The topological polar surface area (TPSA) is 21.3 Å². The van der Waals surface area contributed by atoms with Gasteiger partial charge in [0.05, 0.1) is 6.10 Å². The maximum atomic E-state index is 13.9. The first-order valence-corrected chi connectivity index (χ1v) is 7.85. The van der Waals surface area contributed by atoms with E-state index < -0.39 is 0 Å². The molecule has 1 aliphatic heterocycles. The normalized spacial score (nSPS) is 20.2. The number of likely N-dealkylation sites (N-methyl/N-ethyl adjacent to an activating group) is 1. The lowest BCUT2D eigenvalue weighted by Gasteiger charge is -2.20. The maximum absolute atomic E-state index is 13.9. The summed E-state index contributed by atoms with van der Waals surface area (Å²) in [5, 5.41) is 3.89. The molecule has 0 aliphatic carbocycles. The molecule has 1 aromatic carbocycles. The molecule has 20 heavy (non-hydrogen) atoms. The van der Waals surface area contributed by atoms with Gasteiger partial charge in [-0.05, 0) is 56.3 Å². The lowest BCUT2D eigenvalue weighted by atomic mass is 9.99. The van der Waals surface area contributed by atoms with Crippen molar-refractivity contribution in [3.05, 3.63) is 34.6 Å². The molecule has 0 spiro atoms. The average molecular weight is 300 g/mol. The molecule has 1 aromatic rings. The van der Waals surface area contributed by atoms with Crippen LogP contribution in [0.4, 0.5) is 4.39 Å². The van der Waals surface area contributed by atoms with Gasteiger partial charge in [-0.25, -0.2) is 4.39 Å². The second kappa shape index (κ2) is 7.96. The fourth-order valence-corrected chi connectivity index (χ4v) is 2.94. The van der Waals surface area contributed by atoms with Gasteiger partial charge in [0.2, 0.25) is 0 Å². The molecule has 2 nitrogen and oxygen atoms in total. The molecule has 1 aliphatic rings. The number of ether oxygens (including phenoxy) is 1. The molecule has 0 amide bonds. The summed E-state index contributed by atoms with van der Waals surface area (Å²) in [6, 6.07) is 5.22. The molecule has 0 bridgehead atoms. The van der Waals surface area contributed by atoms with E-state index in [1.54, 1.807) is 12.1 Å². The molecule has 1 fully saturated rings. The minimum atomic E-state index is -0.211. The van der Waals surface area contributed by atoms with E-state index in [-0.39, 0.29) is 5.82 Å². The third kappa shape index (κ3) is 4.72. The van der Waals surface area contributed by atoms with E-state index >= 15 is 0 Å². The minimum Gasteiger partial charge on any atom is -0.378 e. The zero-order chi connectivity index (χ0) is 14.4. The Kier molecular flexibility index (Phi) is 6.27. The van der Waals surface area contributed by atoms with E-state index in [2.05, 4.69) is 12.2 Å². The van der Waals surface area contributed by atoms with Crippen LogP contribution in [0.15, 0.2) is 18.2 Å². The van der Waals surface area contributed by atoms with Crippen LogP contribution in [-0.4, -0.2) is 25.3 Å². The molecule has 0 saturated carbocycles. The molecule has 112 valence electrons. The van der Waals surface area contributed by atoms with Gasteiger partial charge in [-0.1, -0.05) is 24.6 Å². The highest BCUT2D eigenvalue weighted by Crippen LogP contribution is 2.20. The van der Waals surface area contributed by atoms with Crippen molar-refractivity contribution in [3.63, 3.8) is 0 Å². The molecule has 2 unspecified atom stereocenters. The fraction of sp³-hybridized carbons (Fsp3) is 0.625. The maximum Gasteiger partial charge on any atom is 0.127 e. The number of benzene rings is 1. The van der Waals surface area contributed by atoms with Gasteiger partial charge in [-0.3, -0.25) is 0 Å². The predicted molar refractivity (Wildman–Crippen MR) is 80.8 cm³/mol. The summed E-state index contributed by atoms with van der Waals surface area (Å²) in [4.78, 5) is 0. The summed E-state index contributed by atoms with van der Waals surface area (Å²) in [5.41, 5.74) is 0.729.